The van der Waals surface area contributed by atoms with Gasteiger partial charge in [-0.3, -0.25) is 14.8 Å². The number of carbonyl (C=O) groups is 1. The second-order valence-corrected chi connectivity index (χ2v) is 6.82. The number of carbonyl (C=O) groups excluding carboxylic acids is 1. The quantitative estimate of drug-likeness (QED) is 0.675. The third-order valence-electron chi connectivity index (χ3n) is 4.56. The normalized spacial score (nSPS) is 18.2. The van der Waals surface area contributed by atoms with E-state index in [-0.39, 0.29) is 18.0 Å². The van der Waals surface area contributed by atoms with Gasteiger partial charge in [0.2, 0.25) is 5.91 Å². The number of hydrogen-bond acceptors (Lipinski definition) is 6. The first-order valence-electron chi connectivity index (χ1n) is 9.19. The Morgan fingerprint density at radius 2 is 1.97 bits per heavy atom. The van der Waals surface area contributed by atoms with Crippen molar-refractivity contribution in [2.45, 2.75) is 24.7 Å². The molecule has 31 heavy (non-hydrogen) atoms. The fourth-order valence-electron chi connectivity index (χ4n) is 3.13. The lowest BCUT2D eigenvalue weighted by Gasteiger charge is -2.29. The molecular formula is C20H16F3N7O. The molecule has 158 valence electrons. The van der Waals surface area contributed by atoms with Gasteiger partial charge in [0.15, 0.2) is 5.82 Å². The second-order valence-electron chi connectivity index (χ2n) is 6.82. The van der Waals surface area contributed by atoms with Gasteiger partial charge in [-0.2, -0.15) is 13.2 Å². The Labute approximate surface area is 174 Å². The molecule has 0 bridgehead atoms. The van der Waals surface area contributed by atoms with Crippen LogP contribution in [0, 0.1) is 0 Å². The van der Waals surface area contributed by atoms with E-state index in [0.717, 1.165) is 12.3 Å². The van der Waals surface area contributed by atoms with Gasteiger partial charge in [-0.25, -0.2) is 15.0 Å². The van der Waals surface area contributed by atoms with Gasteiger partial charge in [-0.15, -0.1) is 0 Å². The number of halogens is 3. The number of hydrogen-bond donors (Lipinski definition) is 1. The standard InChI is InChI=1S/C20H16F3N7O/c21-20(22,23)16-9-14(3-8-25-16)15-10-30(13-28-15)11-17(31)29-19(4-1-5-24-12-19)18-26-6-2-7-27-18/h1-3,5-10,12-13H,4,11H2,(H,29,31). The van der Waals surface area contributed by atoms with Gasteiger partial charge in [0, 0.05) is 49.2 Å². The Balaban J connectivity index is 1.50. The van der Waals surface area contributed by atoms with Crippen molar-refractivity contribution >= 4 is 12.1 Å². The number of aliphatic imine (C=N–C) groups is 1. The molecule has 4 rings (SSSR count). The number of rotatable bonds is 5. The molecule has 0 aliphatic carbocycles. The zero-order valence-corrected chi connectivity index (χ0v) is 16.0. The lowest BCUT2D eigenvalue weighted by Crippen LogP contribution is -2.49. The maximum Gasteiger partial charge on any atom is 0.433 e. The molecular weight excluding hydrogens is 411 g/mol. The average Bonchev–Trinajstić information content (AvgIpc) is 3.23. The van der Waals surface area contributed by atoms with Gasteiger partial charge in [-0.1, -0.05) is 6.08 Å². The lowest BCUT2D eigenvalue weighted by molar-refractivity contribution is -0.141. The van der Waals surface area contributed by atoms with Gasteiger partial charge in [0.25, 0.3) is 0 Å². The average molecular weight is 427 g/mol. The fourth-order valence-corrected chi connectivity index (χ4v) is 3.13. The zero-order chi connectivity index (χ0) is 21.9. The van der Waals surface area contributed by atoms with Crippen molar-refractivity contribution < 1.29 is 18.0 Å². The summed E-state index contributed by atoms with van der Waals surface area (Å²) in [7, 11) is 0. The summed E-state index contributed by atoms with van der Waals surface area (Å²) < 4.78 is 40.2. The van der Waals surface area contributed by atoms with E-state index in [1.807, 2.05) is 0 Å². The molecule has 0 aromatic carbocycles. The summed E-state index contributed by atoms with van der Waals surface area (Å²) in [5.41, 5.74) is -1.45. The molecule has 3 aromatic rings. The lowest BCUT2D eigenvalue weighted by atomic mass is 9.93. The van der Waals surface area contributed by atoms with Crippen molar-refractivity contribution in [1.82, 2.24) is 29.8 Å². The molecule has 3 aromatic heterocycles. The van der Waals surface area contributed by atoms with Crippen molar-refractivity contribution in [3.05, 3.63) is 73.1 Å². The highest BCUT2D eigenvalue weighted by Crippen LogP contribution is 2.30. The van der Waals surface area contributed by atoms with Crippen LogP contribution in [0.3, 0.4) is 0 Å². The number of nitrogens with one attached hydrogen (secondary N) is 1. The molecule has 0 saturated heterocycles. The predicted molar refractivity (Wildman–Crippen MR) is 105 cm³/mol. The third-order valence-corrected chi connectivity index (χ3v) is 4.56. The molecule has 1 aliphatic heterocycles. The van der Waals surface area contributed by atoms with Crippen LogP contribution in [-0.2, 0) is 23.1 Å². The fraction of sp³-hybridized carbons (Fsp3) is 0.200. The monoisotopic (exact) mass is 427 g/mol. The Kier molecular flexibility index (Phi) is 5.32. The Hall–Kier alpha value is -3.89. The Morgan fingerprint density at radius 1 is 1.16 bits per heavy atom. The molecule has 1 unspecified atom stereocenters. The van der Waals surface area contributed by atoms with E-state index in [2.05, 4.69) is 30.2 Å². The van der Waals surface area contributed by atoms with E-state index >= 15 is 0 Å². The summed E-state index contributed by atoms with van der Waals surface area (Å²) in [6.07, 6.45) is 7.98. The van der Waals surface area contributed by atoms with Crippen LogP contribution in [-0.4, -0.2) is 36.6 Å². The molecule has 1 atom stereocenters. The number of nitrogens with zero attached hydrogens (tertiary/aromatic N) is 6. The molecule has 4 heterocycles. The minimum absolute atomic E-state index is 0.101. The molecule has 1 N–H and O–H groups in total. The summed E-state index contributed by atoms with van der Waals surface area (Å²) in [6.45, 7) is -0.101. The highest BCUT2D eigenvalue weighted by molar-refractivity contribution is 5.84. The van der Waals surface area contributed by atoms with Crippen LogP contribution in [0.15, 0.2) is 66.6 Å². The van der Waals surface area contributed by atoms with Crippen LogP contribution in [0.2, 0.25) is 0 Å². The molecule has 0 saturated carbocycles. The van der Waals surface area contributed by atoms with Crippen LogP contribution in [0.1, 0.15) is 17.9 Å². The topological polar surface area (TPSA) is 98.0 Å². The Morgan fingerprint density at radius 3 is 2.68 bits per heavy atom. The van der Waals surface area contributed by atoms with E-state index in [4.69, 9.17) is 0 Å². The summed E-state index contributed by atoms with van der Waals surface area (Å²) in [4.78, 5) is 32.8. The first kappa shape index (κ1) is 20.4. The number of pyridine rings is 1. The predicted octanol–water partition coefficient (Wildman–Crippen LogP) is 2.75. The molecule has 0 fully saturated rings. The highest BCUT2D eigenvalue weighted by atomic mass is 19.4. The van der Waals surface area contributed by atoms with E-state index in [9.17, 15) is 18.0 Å². The highest BCUT2D eigenvalue weighted by Gasteiger charge is 2.35. The van der Waals surface area contributed by atoms with Crippen LogP contribution in [0.4, 0.5) is 13.2 Å². The van der Waals surface area contributed by atoms with E-state index in [0.29, 0.717) is 17.9 Å². The smallest absolute Gasteiger partial charge is 0.337 e. The SMILES string of the molecule is O=C(Cn1cnc(-c2ccnc(C(F)(F)F)c2)c1)NC1(c2ncccn2)C=NC=CC1. The minimum atomic E-state index is -4.55. The first-order valence-corrected chi connectivity index (χ1v) is 9.19. The second kappa shape index (κ2) is 8.09. The molecule has 1 aliphatic rings. The summed E-state index contributed by atoms with van der Waals surface area (Å²) in [5, 5.41) is 2.90. The maximum atomic E-state index is 12.9. The summed E-state index contributed by atoms with van der Waals surface area (Å²) in [6, 6.07) is 4.01. The zero-order valence-electron chi connectivity index (χ0n) is 16.0. The van der Waals surface area contributed by atoms with Gasteiger partial charge in [-0.05, 0) is 18.2 Å². The van der Waals surface area contributed by atoms with Crippen LogP contribution < -0.4 is 5.32 Å². The van der Waals surface area contributed by atoms with Crippen molar-refractivity contribution in [3.63, 3.8) is 0 Å². The van der Waals surface area contributed by atoms with Crippen molar-refractivity contribution in [2.24, 2.45) is 4.99 Å². The number of imidazole rings is 1. The molecule has 8 nitrogen and oxygen atoms in total. The summed E-state index contributed by atoms with van der Waals surface area (Å²) in [5.74, 6) is 0.0445. The molecule has 11 heteroatoms. The minimum Gasteiger partial charge on any atom is -0.337 e. The van der Waals surface area contributed by atoms with Crippen LogP contribution in [0.25, 0.3) is 11.3 Å². The van der Waals surface area contributed by atoms with Crippen molar-refractivity contribution in [2.75, 3.05) is 0 Å². The number of amides is 1. The Bertz CT molecular complexity index is 1140. The van der Waals surface area contributed by atoms with Crippen LogP contribution in [0.5, 0.6) is 0 Å². The van der Waals surface area contributed by atoms with Crippen molar-refractivity contribution in [3.8, 4) is 11.3 Å². The molecule has 1 amide bonds. The van der Waals surface area contributed by atoms with Gasteiger partial charge in [0.05, 0.1) is 12.0 Å². The number of alkyl halides is 3. The molecule has 0 radical (unpaired) electrons. The van der Waals surface area contributed by atoms with Crippen molar-refractivity contribution in [1.29, 1.82) is 0 Å². The van der Waals surface area contributed by atoms with E-state index in [1.54, 1.807) is 37.0 Å². The third kappa shape index (κ3) is 4.49. The van der Waals surface area contributed by atoms with E-state index < -0.39 is 17.4 Å². The van der Waals surface area contributed by atoms with Gasteiger partial charge < -0.3 is 9.88 Å². The first-order chi connectivity index (χ1) is 14.9. The van der Waals surface area contributed by atoms with E-state index in [1.165, 1.54) is 23.2 Å². The maximum absolute atomic E-state index is 12.9. The van der Waals surface area contributed by atoms with Crippen LogP contribution >= 0.6 is 0 Å². The van der Waals surface area contributed by atoms with Gasteiger partial charge in [0.1, 0.15) is 17.8 Å². The largest absolute Gasteiger partial charge is 0.433 e. The molecule has 0 spiro atoms. The van der Waals surface area contributed by atoms with Gasteiger partial charge >= 0.3 is 6.18 Å². The summed E-state index contributed by atoms with van der Waals surface area (Å²) >= 11 is 0. The number of aromatic nitrogens is 5.